The standard InChI is InChI=1S/C14H19Br2NO3S/c1-4-9(5-2)7-17(8-12(18)20-3)14(19)11-6-10(15)13(16)21-11/h6,9H,4-5,7-8H2,1-3H3. The summed E-state index contributed by atoms with van der Waals surface area (Å²) >= 11 is 8.12. The lowest BCUT2D eigenvalue weighted by molar-refractivity contribution is -0.141. The molecule has 1 aromatic rings. The highest BCUT2D eigenvalue weighted by molar-refractivity contribution is 9.13. The fraction of sp³-hybridized carbons (Fsp3) is 0.571. The third-order valence-electron chi connectivity index (χ3n) is 3.32. The Labute approximate surface area is 146 Å². The predicted octanol–water partition coefficient (Wildman–Crippen LogP) is 4.32. The fourth-order valence-corrected chi connectivity index (χ4v) is 3.91. The van der Waals surface area contributed by atoms with Gasteiger partial charge in [-0.15, -0.1) is 11.3 Å². The van der Waals surface area contributed by atoms with Gasteiger partial charge in [0.15, 0.2) is 0 Å². The number of carbonyl (C=O) groups is 2. The third-order valence-corrected chi connectivity index (χ3v) is 6.57. The van der Waals surface area contributed by atoms with E-state index in [0.717, 1.165) is 21.1 Å². The highest BCUT2D eigenvalue weighted by Gasteiger charge is 2.23. The van der Waals surface area contributed by atoms with Crippen LogP contribution in [0, 0.1) is 5.92 Å². The minimum atomic E-state index is -0.399. The van der Waals surface area contributed by atoms with Gasteiger partial charge in [0.05, 0.1) is 15.8 Å². The Hall–Kier alpha value is -0.400. The number of halogens is 2. The molecule has 0 unspecified atom stereocenters. The molecule has 0 aliphatic rings. The molecule has 21 heavy (non-hydrogen) atoms. The van der Waals surface area contributed by atoms with E-state index in [-0.39, 0.29) is 12.5 Å². The van der Waals surface area contributed by atoms with Crippen molar-refractivity contribution in [2.24, 2.45) is 5.92 Å². The number of carbonyl (C=O) groups excluding carboxylic acids is 2. The fourth-order valence-electron chi connectivity index (χ4n) is 1.91. The summed E-state index contributed by atoms with van der Waals surface area (Å²) in [5.41, 5.74) is 0. The van der Waals surface area contributed by atoms with E-state index in [4.69, 9.17) is 4.74 Å². The minimum Gasteiger partial charge on any atom is -0.468 e. The molecule has 0 spiro atoms. The summed E-state index contributed by atoms with van der Waals surface area (Å²) in [6.45, 7) is 4.73. The molecule has 1 rings (SSSR count). The van der Waals surface area contributed by atoms with Crippen molar-refractivity contribution in [3.8, 4) is 0 Å². The van der Waals surface area contributed by atoms with Crippen LogP contribution in [-0.4, -0.2) is 37.0 Å². The van der Waals surface area contributed by atoms with Crippen LogP contribution in [0.2, 0.25) is 0 Å². The quantitative estimate of drug-likeness (QED) is 0.593. The van der Waals surface area contributed by atoms with Crippen LogP contribution in [0.15, 0.2) is 14.3 Å². The highest BCUT2D eigenvalue weighted by atomic mass is 79.9. The third kappa shape index (κ3) is 5.38. The van der Waals surface area contributed by atoms with Crippen LogP contribution in [0.25, 0.3) is 0 Å². The van der Waals surface area contributed by atoms with E-state index >= 15 is 0 Å². The number of amides is 1. The van der Waals surface area contributed by atoms with Crippen LogP contribution < -0.4 is 0 Å². The predicted molar refractivity (Wildman–Crippen MR) is 91.7 cm³/mol. The molecule has 0 bridgehead atoms. The molecule has 0 N–H and O–H groups in total. The number of hydrogen-bond donors (Lipinski definition) is 0. The molecule has 0 aliphatic carbocycles. The maximum Gasteiger partial charge on any atom is 0.325 e. The van der Waals surface area contributed by atoms with Crippen LogP contribution in [0.3, 0.4) is 0 Å². The second-order valence-electron chi connectivity index (χ2n) is 4.68. The molecule has 118 valence electrons. The second kappa shape index (κ2) is 8.90. The van der Waals surface area contributed by atoms with Gasteiger partial charge in [0, 0.05) is 11.0 Å². The van der Waals surface area contributed by atoms with Crippen molar-refractivity contribution in [1.29, 1.82) is 0 Å². The monoisotopic (exact) mass is 439 g/mol. The SMILES string of the molecule is CCC(CC)CN(CC(=O)OC)C(=O)c1cc(Br)c(Br)s1. The number of ether oxygens (including phenoxy) is 1. The molecule has 0 saturated heterocycles. The number of esters is 1. The number of thiophene rings is 1. The molecule has 7 heteroatoms. The maximum absolute atomic E-state index is 12.6. The lowest BCUT2D eigenvalue weighted by Gasteiger charge is -2.25. The molecule has 4 nitrogen and oxygen atoms in total. The Bertz CT molecular complexity index is 481. The highest BCUT2D eigenvalue weighted by Crippen LogP contribution is 2.33. The van der Waals surface area contributed by atoms with Gasteiger partial charge in [0.25, 0.3) is 5.91 Å². The Morgan fingerprint density at radius 1 is 1.33 bits per heavy atom. The van der Waals surface area contributed by atoms with E-state index in [1.54, 1.807) is 11.0 Å². The normalized spacial score (nSPS) is 10.8. The van der Waals surface area contributed by atoms with Crippen LogP contribution in [0.1, 0.15) is 36.4 Å². The van der Waals surface area contributed by atoms with Crippen molar-refractivity contribution in [3.05, 3.63) is 19.2 Å². The van der Waals surface area contributed by atoms with Gasteiger partial charge in [-0.25, -0.2) is 0 Å². The molecule has 0 aliphatic heterocycles. The zero-order valence-electron chi connectivity index (χ0n) is 12.3. The zero-order chi connectivity index (χ0) is 16.0. The molecule has 1 aromatic heterocycles. The summed E-state index contributed by atoms with van der Waals surface area (Å²) in [6.07, 6.45) is 1.94. The van der Waals surface area contributed by atoms with Crippen molar-refractivity contribution in [2.75, 3.05) is 20.2 Å². The summed E-state index contributed by atoms with van der Waals surface area (Å²) in [7, 11) is 1.33. The molecule has 1 heterocycles. The number of methoxy groups -OCH3 is 1. The Morgan fingerprint density at radius 2 is 1.95 bits per heavy atom. The van der Waals surface area contributed by atoms with Crippen molar-refractivity contribution >= 4 is 55.1 Å². The van der Waals surface area contributed by atoms with E-state index in [2.05, 4.69) is 45.7 Å². The molecule has 0 fully saturated rings. The first-order chi connectivity index (χ1) is 9.92. The van der Waals surface area contributed by atoms with Crippen molar-refractivity contribution in [2.45, 2.75) is 26.7 Å². The van der Waals surface area contributed by atoms with Gasteiger partial charge < -0.3 is 9.64 Å². The van der Waals surface area contributed by atoms with Gasteiger partial charge in [-0.05, 0) is 43.8 Å². The smallest absolute Gasteiger partial charge is 0.325 e. The molecule has 0 saturated carbocycles. The average Bonchev–Trinajstić information content (AvgIpc) is 2.81. The molecular formula is C14H19Br2NO3S. The van der Waals surface area contributed by atoms with Gasteiger partial charge in [-0.3, -0.25) is 9.59 Å². The topological polar surface area (TPSA) is 46.6 Å². The molecule has 0 radical (unpaired) electrons. The first-order valence-electron chi connectivity index (χ1n) is 6.73. The largest absolute Gasteiger partial charge is 0.468 e. The molecule has 0 atom stereocenters. The summed E-state index contributed by atoms with van der Waals surface area (Å²) < 4.78 is 6.41. The second-order valence-corrected chi connectivity index (χ2v) is 7.90. The van der Waals surface area contributed by atoms with Gasteiger partial charge in [-0.2, -0.15) is 0 Å². The summed E-state index contributed by atoms with van der Waals surface area (Å²) in [5.74, 6) is -0.154. The number of hydrogen-bond acceptors (Lipinski definition) is 4. The lowest BCUT2D eigenvalue weighted by Crippen LogP contribution is -2.39. The number of nitrogens with zero attached hydrogens (tertiary/aromatic N) is 1. The Kier molecular flexibility index (Phi) is 7.90. The zero-order valence-corrected chi connectivity index (χ0v) is 16.3. The van der Waals surface area contributed by atoms with Gasteiger partial charge in [-0.1, -0.05) is 26.7 Å². The molecule has 0 aromatic carbocycles. The van der Waals surface area contributed by atoms with E-state index in [1.807, 2.05) is 0 Å². The number of rotatable bonds is 7. The van der Waals surface area contributed by atoms with Crippen LogP contribution in [0.4, 0.5) is 0 Å². The van der Waals surface area contributed by atoms with Crippen LogP contribution in [0.5, 0.6) is 0 Å². The first kappa shape index (κ1) is 18.6. The maximum atomic E-state index is 12.6. The average molecular weight is 441 g/mol. The Morgan fingerprint density at radius 3 is 2.38 bits per heavy atom. The minimum absolute atomic E-state index is 0.0149. The van der Waals surface area contributed by atoms with Gasteiger partial charge in [0.2, 0.25) is 0 Å². The van der Waals surface area contributed by atoms with Gasteiger partial charge >= 0.3 is 5.97 Å². The van der Waals surface area contributed by atoms with E-state index < -0.39 is 5.97 Å². The van der Waals surface area contributed by atoms with Crippen molar-refractivity contribution < 1.29 is 14.3 Å². The molecular weight excluding hydrogens is 422 g/mol. The van der Waals surface area contributed by atoms with E-state index in [9.17, 15) is 9.59 Å². The van der Waals surface area contributed by atoms with Crippen molar-refractivity contribution in [3.63, 3.8) is 0 Å². The summed E-state index contributed by atoms with van der Waals surface area (Å²) in [4.78, 5) is 26.4. The summed E-state index contributed by atoms with van der Waals surface area (Å²) in [6, 6.07) is 1.77. The van der Waals surface area contributed by atoms with E-state index in [0.29, 0.717) is 17.3 Å². The lowest BCUT2D eigenvalue weighted by atomic mass is 10.0. The van der Waals surface area contributed by atoms with Crippen LogP contribution in [-0.2, 0) is 9.53 Å². The van der Waals surface area contributed by atoms with Crippen LogP contribution >= 0.6 is 43.2 Å². The van der Waals surface area contributed by atoms with Gasteiger partial charge in [0.1, 0.15) is 6.54 Å². The Balaban J connectivity index is 2.93. The first-order valence-corrected chi connectivity index (χ1v) is 9.14. The van der Waals surface area contributed by atoms with Crippen molar-refractivity contribution in [1.82, 2.24) is 4.90 Å². The molecule has 1 amide bonds. The van der Waals surface area contributed by atoms with E-state index in [1.165, 1.54) is 18.4 Å². The summed E-state index contributed by atoms with van der Waals surface area (Å²) in [5, 5.41) is 0.